The number of sulfonamides is 1. The van der Waals surface area contributed by atoms with Crippen LogP contribution in [0.4, 0.5) is 5.13 Å². The van der Waals surface area contributed by atoms with E-state index in [1.54, 1.807) is 35.8 Å². The number of rotatable bonds is 8. The number of amides is 1. The van der Waals surface area contributed by atoms with Gasteiger partial charge >= 0.3 is 0 Å². The van der Waals surface area contributed by atoms with Crippen LogP contribution in [0.5, 0.6) is 0 Å². The molecule has 1 amide bonds. The third-order valence-corrected chi connectivity index (χ3v) is 6.50. The Kier molecular flexibility index (Phi) is 6.17. The molecule has 0 saturated carbocycles. The summed E-state index contributed by atoms with van der Waals surface area (Å²) in [6.07, 6.45) is 1.57. The van der Waals surface area contributed by atoms with Gasteiger partial charge in [0.05, 0.1) is 18.0 Å². The molecule has 0 bridgehead atoms. The van der Waals surface area contributed by atoms with E-state index in [-0.39, 0.29) is 24.6 Å². The maximum Gasteiger partial charge on any atom is 0.244 e. The molecule has 0 saturated heterocycles. The van der Waals surface area contributed by atoms with Crippen LogP contribution < -0.4 is 5.32 Å². The molecule has 142 valence electrons. The summed E-state index contributed by atoms with van der Waals surface area (Å²) in [7, 11) is -2.41. The maximum atomic E-state index is 13.3. The van der Waals surface area contributed by atoms with E-state index < -0.39 is 15.9 Å². The van der Waals surface area contributed by atoms with Crippen molar-refractivity contribution in [3.8, 4) is 0 Å². The van der Waals surface area contributed by atoms with Gasteiger partial charge in [0.15, 0.2) is 5.13 Å². The molecule has 1 N–H and O–H groups in total. The first kappa shape index (κ1) is 19.4. The second-order valence-corrected chi connectivity index (χ2v) is 8.50. The Morgan fingerprint density at radius 1 is 1.22 bits per heavy atom. The molecule has 27 heavy (non-hydrogen) atoms. The summed E-state index contributed by atoms with van der Waals surface area (Å²) in [4.78, 5) is 16.5. The third kappa shape index (κ3) is 4.51. The van der Waals surface area contributed by atoms with Crippen LogP contribution in [0.15, 0.2) is 58.9 Å². The Balaban J connectivity index is 1.91. The summed E-state index contributed by atoms with van der Waals surface area (Å²) in [5.41, 5.74) is 0. The molecule has 0 atom stereocenters. The molecule has 0 fully saturated rings. The van der Waals surface area contributed by atoms with Crippen LogP contribution in [0.25, 0.3) is 10.8 Å². The van der Waals surface area contributed by atoms with E-state index in [1.807, 2.05) is 18.2 Å². The second kappa shape index (κ2) is 8.57. The van der Waals surface area contributed by atoms with Gasteiger partial charge in [-0.25, -0.2) is 13.4 Å². The molecular formula is C18H19N3O4S2. The molecule has 0 radical (unpaired) electrons. The number of carbonyl (C=O) groups is 1. The predicted octanol–water partition coefficient (Wildman–Crippen LogP) is 2.57. The average Bonchev–Trinajstić information content (AvgIpc) is 3.17. The Hall–Kier alpha value is -2.33. The van der Waals surface area contributed by atoms with Crippen LogP contribution in [0, 0.1) is 0 Å². The number of methoxy groups -OCH3 is 1. The summed E-state index contributed by atoms with van der Waals surface area (Å²) in [5, 5.41) is 6.19. The van der Waals surface area contributed by atoms with Gasteiger partial charge in [-0.05, 0) is 11.5 Å². The average molecular weight is 406 g/mol. The van der Waals surface area contributed by atoms with Crippen LogP contribution >= 0.6 is 11.3 Å². The van der Waals surface area contributed by atoms with Crippen molar-refractivity contribution in [3.63, 3.8) is 0 Å². The molecule has 0 aliphatic carbocycles. The monoisotopic (exact) mass is 405 g/mol. The Morgan fingerprint density at radius 2 is 2.00 bits per heavy atom. The molecule has 3 aromatic rings. The number of nitrogens with one attached hydrogen (secondary N) is 1. The van der Waals surface area contributed by atoms with E-state index in [0.29, 0.717) is 10.5 Å². The van der Waals surface area contributed by atoms with Gasteiger partial charge in [0.1, 0.15) is 0 Å². The molecule has 2 aromatic carbocycles. The number of fused-ring (bicyclic) bond motifs is 1. The van der Waals surface area contributed by atoms with Crippen LogP contribution in [-0.2, 0) is 19.6 Å². The normalized spacial score (nSPS) is 11.8. The van der Waals surface area contributed by atoms with Crippen molar-refractivity contribution < 1.29 is 17.9 Å². The standard InChI is InChI=1S/C18H19N3O4S2/c1-25-11-10-21(13-17(22)20-18-19-9-12-26-18)27(23,24)16-8-4-6-14-5-2-3-7-15(14)16/h2-9,12H,10-11,13H2,1H3,(H,19,20,22). The largest absolute Gasteiger partial charge is 0.383 e. The zero-order valence-corrected chi connectivity index (χ0v) is 16.3. The predicted molar refractivity (Wildman–Crippen MR) is 105 cm³/mol. The molecule has 0 aliphatic heterocycles. The fourth-order valence-electron chi connectivity index (χ4n) is 2.64. The summed E-state index contributed by atoms with van der Waals surface area (Å²) in [5.74, 6) is -0.454. The molecule has 9 heteroatoms. The lowest BCUT2D eigenvalue weighted by Gasteiger charge is -2.22. The van der Waals surface area contributed by atoms with Crippen molar-refractivity contribution >= 4 is 43.2 Å². The Labute approximate surface area is 161 Å². The molecule has 0 unspecified atom stereocenters. The van der Waals surface area contributed by atoms with Gasteiger partial charge in [-0.1, -0.05) is 36.4 Å². The smallest absolute Gasteiger partial charge is 0.244 e. The Morgan fingerprint density at radius 3 is 2.74 bits per heavy atom. The van der Waals surface area contributed by atoms with Gasteiger partial charge in [0.25, 0.3) is 0 Å². The van der Waals surface area contributed by atoms with Crippen LogP contribution in [-0.4, -0.2) is 50.4 Å². The van der Waals surface area contributed by atoms with Crippen molar-refractivity contribution in [2.75, 3.05) is 32.1 Å². The molecule has 1 aromatic heterocycles. The van der Waals surface area contributed by atoms with Gasteiger partial charge < -0.3 is 10.1 Å². The fourth-order valence-corrected chi connectivity index (χ4v) is 4.78. The van der Waals surface area contributed by atoms with E-state index in [0.717, 1.165) is 9.69 Å². The molecule has 0 spiro atoms. The van der Waals surface area contributed by atoms with E-state index in [1.165, 1.54) is 18.4 Å². The van der Waals surface area contributed by atoms with E-state index >= 15 is 0 Å². The number of aromatic nitrogens is 1. The van der Waals surface area contributed by atoms with Gasteiger partial charge in [0.2, 0.25) is 15.9 Å². The summed E-state index contributed by atoms with van der Waals surface area (Å²) in [6.45, 7) is -0.0869. The summed E-state index contributed by atoms with van der Waals surface area (Å²) in [6, 6.07) is 12.3. The number of ether oxygens (including phenoxy) is 1. The first-order valence-electron chi connectivity index (χ1n) is 8.18. The maximum absolute atomic E-state index is 13.3. The highest BCUT2D eigenvalue weighted by atomic mass is 32.2. The molecule has 3 rings (SSSR count). The minimum Gasteiger partial charge on any atom is -0.383 e. The van der Waals surface area contributed by atoms with Crippen molar-refractivity contribution in [3.05, 3.63) is 54.0 Å². The highest BCUT2D eigenvalue weighted by Gasteiger charge is 2.28. The third-order valence-electron chi connectivity index (χ3n) is 3.91. The lowest BCUT2D eigenvalue weighted by Crippen LogP contribution is -2.40. The van der Waals surface area contributed by atoms with Gasteiger partial charge in [0, 0.05) is 30.6 Å². The number of benzene rings is 2. The second-order valence-electron chi connectivity index (χ2n) is 5.69. The van der Waals surface area contributed by atoms with Gasteiger partial charge in [-0.2, -0.15) is 4.31 Å². The van der Waals surface area contributed by atoms with Crippen molar-refractivity contribution in [1.29, 1.82) is 0 Å². The van der Waals surface area contributed by atoms with Gasteiger partial charge in [-0.15, -0.1) is 11.3 Å². The van der Waals surface area contributed by atoms with Crippen molar-refractivity contribution in [2.45, 2.75) is 4.90 Å². The fraction of sp³-hybridized carbons (Fsp3) is 0.222. The summed E-state index contributed by atoms with van der Waals surface area (Å²) < 4.78 is 32.7. The molecule has 7 nitrogen and oxygen atoms in total. The molecule has 0 aliphatic rings. The number of thiazole rings is 1. The quantitative estimate of drug-likeness (QED) is 0.622. The van der Waals surface area contributed by atoms with Crippen LogP contribution in [0.3, 0.4) is 0 Å². The number of hydrogen-bond acceptors (Lipinski definition) is 6. The number of carbonyl (C=O) groups excluding carboxylic acids is 1. The van der Waals surface area contributed by atoms with E-state index in [9.17, 15) is 13.2 Å². The van der Waals surface area contributed by atoms with Crippen LogP contribution in [0.1, 0.15) is 0 Å². The minimum atomic E-state index is -3.90. The number of nitrogens with zero attached hydrogens (tertiary/aromatic N) is 2. The Bertz CT molecular complexity index is 1010. The summed E-state index contributed by atoms with van der Waals surface area (Å²) >= 11 is 1.27. The number of hydrogen-bond donors (Lipinski definition) is 1. The highest BCUT2D eigenvalue weighted by Crippen LogP contribution is 2.25. The highest BCUT2D eigenvalue weighted by molar-refractivity contribution is 7.89. The topological polar surface area (TPSA) is 88.6 Å². The molecular weight excluding hydrogens is 386 g/mol. The van der Waals surface area contributed by atoms with Gasteiger partial charge in [-0.3, -0.25) is 4.79 Å². The first-order valence-corrected chi connectivity index (χ1v) is 10.5. The first-order chi connectivity index (χ1) is 13.0. The lowest BCUT2D eigenvalue weighted by molar-refractivity contribution is -0.116. The van der Waals surface area contributed by atoms with Crippen molar-refractivity contribution in [1.82, 2.24) is 9.29 Å². The zero-order valence-electron chi connectivity index (χ0n) is 14.7. The zero-order chi connectivity index (χ0) is 19.3. The van der Waals surface area contributed by atoms with E-state index in [2.05, 4.69) is 10.3 Å². The minimum absolute atomic E-state index is 0.0628. The lowest BCUT2D eigenvalue weighted by atomic mass is 10.1. The van der Waals surface area contributed by atoms with Crippen LogP contribution in [0.2, 0.25) is 0 Å². The van der Waals surface area contributed by atoms with Crippen molar-refractivity contribution in [2.24, 2.45) is 0 Å². The van der Waals surface area contributed by atoms with E-state index in [4.69, 9.17) is 4.74 Å². The number of anilines is 1. The SMILES string of the molecule is COCCN(CC(=O)Nc1nccs1)S(=O)(=O)c1cccc2ccccc12. The molecule has 1 heterocycles.